The fraction of sp³-hybridized carbons (Fsp3) is 0.333. The molecule has 0 spiro atoms. The van der Waals surface area contributed by atoms with Gasteiger partial charge in [0.25, 0.3) is 0 Å². The molecule has 0 aromatic heterocycles. The minimum Gasteiger partial charge on any atom is -0.305 e. The van der Waals surface area contributed by atoms with E-state index >= 15 is 0 Å². The van der Waals surface area contributed by atoms with Crippen molar-refractivity contribution in [2.24, 2.45) is 0 Å². The van der Waals surface area contributed by atoms with Crippen LogP contribution >= 0.6 is 23.2 Å². The van der Waals surface area contributed by atoms with Gasteiger partial charge >= 0.3 is 0 Å². The lowest BCUT2D eigenvalue weighted by atomic mass is 10.0. The van der Waals surface area contributed by atoms with Crippen LogP contribution in [0.4, 0.5) is 0 Å². The molecule has 0 aliphatic heterocycles. The van der Waals surface area contributed by atoms with Crippen LogP contribution < -0.4 is 5.32 Å². The molecule has 0 radical (unpaired) electrons. The molecule has 1 N–H and O–H groups in total. The van der Waals surface area contributed by atoms with E-state index in [4.69, 9.17) is 23.2 Å². The molecule has 0 saturated carbocycles. The lowest BCUT2D eigenvalue weighted by molar-refractivity contribution is 0.611. The Morgan fingerprint density at radius 2 is 2.13 bits per heavy atom. The number of aryl methyl sites for hydroxylation is 1. The summed E-state index contributed by atoms with van der Waals surface area (Å²) in [5, 5.41) is 3.93. The Balaban J connectivity index is 2.61. The van der Waals surface area contributed by atoms with Gasteiger partial charge in [0.2, 0.25) is 0 Å². The van der Waals surface area contributed by atoms with Crippen molar-refractivity contribution in [3.8, 4) is 0 Å². The smallest absolute Gasteiger partial charge is 0.0432 e. The van der Waals surface area contributed by atoms with Crippen molar-refractivity contribution in [2.45, 2.75) is 19.9 Å². The molecular weight excluding hydrogens is 229 g/mol. The average molecular weight is 244 g/mol. The first-order chi connectivity index (χ1) is 7.15. The van der Waals surface area contributed by atoms with Gasteiger partial charge in [-0.05, 0) is 25.0 Å². The van der Waals surface area contributed by atoms with E-state index in [0.29, 0.717) is 11.6 Å². The van der Waals surface area contributed by atoms with Crippen molar-refractivity contribution in [1.82, 2.24) is 5.32 Å². The zero-order valence-electron chi connectivity index (χ0n) is 8.93. The molecule has 0 amide bonds. The standard InChI is InChI=1S/C12H15Cl2N/c1-9-5-3-4-6-12(9)10(2)15-8-11(14)7-13/h3-7,10,15H,8H2,1-2H3/b11-7-/t10-/m0/s1. The highest BCUT2D eigenvalue weighted by molar-refractivity contribution is 6.36. The van der Waals surface area contributed by atoms with E-state index in [1.165, 1.54) is 16.7 Å². The lowest BCUT2D eigenvalue weighted by Crippen LogP contribution is -2.20. The highest BCUT2D eigenvalue weighted by atomic mass is 35.5. The molecular formula is C12H15Cl2N. The van der Waals surface area contributed by atoms with Crippen molar-refractivity contribution in [2.75, 3.05) is 6.54 Å². The molecule has 1 aromatic carbocycles. The molecule has 1 atom stereocenters. The largest absolute Gasteiger partial charge is 0.305 e. The van der Waals surface area contributed by atoms with Crippen molar-refractivity contribution in [1.29, 1.82) is 0 Å². The van der Waals surface area contributed by atoms with Crippen molar-refractivity contribution in [3.63, 3.8) is 0 Å². The molecule has 1 aromatic rings. The second-order valence-electron chi connectivity index (χ2n) is 3.52. The zero-order chi connectivity index (χ0) is 11.3. The van der Waals surface area contributed by atoms with Gasteiger partial charge < -0.3 is 5.32 Å². The molecule has 0 unspecified atom stereocenters. The van der Waals surface area contributed by atoms with Gasteiger partial charge in [-0.3, -0.25) is 0 Å². The number of halogens is 2. The summed E-state index contributed by atoms with van der Waals surface area (Å²) in [6.45, 7) is 4.81. The molecule has 0 aliphatic rings. The van der Waals surface area contributed by atoms with E-state index in [-0.39, 0.29) is 6.04 Å². The van der Waals surface area contributed by atoms with E-state index in [9.17, 15) is 0 Å². The highest BCUT2D eigenvalue weighted by Gasteiger charge is 2.06. The number of rotatable bonds is 4. The van der Waals surface area contributed by atoms with Gasteiger partial charge in [-0.2, -0.15) is 0 Å². The second kappa shape index (κ2) is 6.16. The third-order valence-corrected chi connectivity index (χ3v) is 2.97. The van der Waals surface area contributed by atoms with Crippen LogP contribution in [0, 0.1) is 6.92 Å². The summed E-state index contributed by atoms with van der Waals surface area (Å²) in [5.41, 5.74) is 3.96. The van der Waals surface area contributed by atoms with E-state index < -0.39 is 0 Å². The first-order valence-corrected chi connectivity index (χ1v) is 5.70. The Morgan fingerprint density at radius 1 is 1.47 bits per heavy atom. The molecule has 1 rings (SSSR count). The predicted molar refractivity (Wildman–Crippen MR) is 67.4 cm³/mol. The van der Waals surface area contributed by atoms with Gasteiger partial charge in [-0.1, -0.05) is 47.5 Å². The van der Waals surface area contributed by atoms with Gasteiger partial charge in [0, 0.05) is 23.2 Å². The second-order valence-corrected chi connectivity index (χ2v) is 4.22. The van der Waals surface area contributed by atoms with Crippen LogP contribution in [0.2, 0.25) is 0 Å². The van der Waals surface area contributed by atoms with Crippen LogP contribution in [0.5, 0.6) is 0 Å². The van der Waals surface area contributed by atoms with Crippen molar-refractivity contribution < 1.29 is 0 Å². The SMILES string of the molecule is Cc1ccccc1[C@H](C)NC/C(Cl)=C/Cl. The Morgan fingerprint density at radius 3 is 2.73 bits per heavy atom. The van der Waals surface area contributed by atoms with Crippen LogP contribution in [0.15, 0.2) is 34.8 Å². The summed E-state index contributed by atoms with van der Waals surface area (Å²) in [4.78, 5) is 0. The third kappa shape index (κ3) is 3.86. The van der Waals surface area contributed by atoms with E-state index in [1.54, 1.807) is 0 Å². The summed E-state index contributed by atoms with van der Waals surface area (Å²) in [5.74, 6) is 0. The van der Waals surface area contributed by atoms with Crippen LogP contribution in [0.3, 0.4) is 0 Å². The summed E-state index contributed by atoms with van der Waals surface area (Å²) >= 11 is 11.3. The van der Waals surface area contributed by atoms with Crippen molar-refractivity contribution in [3.05, 3.63) is 46.0 Å². The predicted octanol–water partition coefficient (Wildman–Crippen LogP) is 3.96. The van der Waals surface area contributed by atoms with Gasteiger partial charge in [-0.15, -0.1) is 0 Å². The fourth-order valence-electron chi connectivity index (χ4n) is 1.47. The Kier molecular flexibility index (Phi) is 5.16. The summed E-state index contributed by atoms with van der Waals surface area (Å²) in [6, 6.07) is 8.57. The van der Waals surface area contributed by atoms with Crippen LogP contribution in [0.25, 0.3) is 0 Å². The molecule has 15 heavy (non-hydrogen) atoms. The van der Waals surface area contributed by atoms with E-state index in [1.807, 2.05) is 12.1 Å². The normalized spacial score (nSPS) is 14.0. The minimum absolute atomic E-state index is 0.275. The molecule has 0 bridgehead atoms. The number of nitrogens with one attached hydrogen (secondary N) is 1. The maximum atomic E-state index is 5.80. The average Bonchev–Trinajstić information content (AvgIpc) is 2.26. The quantitative estimate of drug-likeness (QED) is 0.845. The molecule has 0 heterocycles. The first-order valence-electron chi connectivity index (χ1n) is 4.89. The van der Waals surface area contributed by atoms with Crippen molar-refractivity contribution >= 4 is 23.2 Å². The summed E-state index contributed by atoms with van der Waals surface area (Å²) in [7, 11) is 0. The third-order valence-electron chi connectivity index (χ3n) is 2.35. The summed E-state index contributed by atoms with van der Waals surface area (Å²) < 4.78 is 0. The Labute approximate surface area is 101 Å². The maximum absolute atomic E-state index is 5.80. The Bertz CT molecular complexity index is 347. The molecule has 3 heteroatoms. The lowest BCUT2D eigenvalue weighted by Gasteiger charge is -2.15. The van der Waals surface area contributed by atoms with Gasteiger partial charge in [0.1, 0.15) is 0 Å². The van der Waals surface area contributed by atoms with Crippen LogP contribution in [0.1, 0.15) is 24.1 Å². The van der Waals surface area contributed by atoms with Gasteiger partial charge in [-0.25, -0.2) is 0 Å². The zero-order valence-corrected chi connectivity index (χ0v) is 10.4. The number of benzene rings is 1. The van der Waals surface area contributed by atoms with E-state index in [0.717, 1.165) is 0 Å². The minimum atomic E-state index is 0.275. The fourth-order valence-corrected chi connectivity index (χ4v) is 1.63. The molecule has 0 saturated heterocycles. The van der Waals surface area contributed by atoms with Gasteiger partial charge in [0.15, 0.2) is 0 Å². The molecule has 0 aliphatic carbocycles. The number of hydrogen-bond acceptors (Lipinski definition) is 1. The van der Waals surface area contributed by atoms with E-state index in [2.05, 4.69) is 31.3 Å². The van der Waals surface area contributed by atoms with Crippen LogP contribution in [-0.2, 0) is 0 Å². The molecule has 1 nitrogen and oxygen atoms in total. The number of hydrogen-bond donors (Lipinski definition) is 1. The maximum Gasteiger partial charge on any atom is 0.0432 e. The monoisotopic (exact) mass is 243 g/mol. The molecule has 0 fully saturated rings. The topological polar surface area (TPSA) is 12.0 Å². The van der Waals surface area contributed by atoms with Crippen LogP contribution in [-0.4, -0.2) is 6.54 Å². The Hall–Kier alpha value is -0.500. The first kappa shape index (κ1) is 12.6. The highest BCUT2D eigenvalue weighted by Crippen LogP contribution is 2.17. The summed E-state index contributed by atoms with van der Waals surface area (Å²) in [6.07, 6.45) is 0. The molecule has 82 valence electrons. The van der Waals surface area contributed by atoms with Gasteiger partial charge in [0.05, 0.1) is 0 Å².